The second-order valence-corrected chi connectivity index (χ2v) is 4.87. The van der Waals surface area contributed by atoms with Crippen molar-refractivity contribution in [1.82, 2.24) is 4.98 Å². The van der Waals surface area contributed by atoms with Crippen molar-refractivity contribution in [2.75, 3.05) is 5.32 Å². The molecule has 0 bridgehead atoms. The molecule has 1 aliphatic rings. The predicted molar refractivity (Wildman–Crippen MR) is 66.1 cm³/mol. The van der Waals surface area contributed by atoms with Crippen molar-refractivity contribution in [3.05, 3.63) is 34.8 Å². The molecule has 0 saturated heterocycles. The van der Waals surface area contributed by atoms with Crippen LogP contribution in [0.15, 0.2) is 34.8 Å². The van der Waals surface area contributed by atoms with Crippen LogP contribution >= 0.6 is 15.9 Å². The number of hydrogen-bond donors (Lipinski definition) is 1. The molecule has 76 valence electrons. The maximum absolute atomic E-state index is 4.58. The molecule has 1 saturated carbocycles. The number of rotatable bonds is 2. The first-order chi connectivity index (χ1) is 7.31. The van der Waals surface area contributed by atoms with Crippen LogP contribution in [0.3, 0.4) is 0 Å². The summed E-state index contributed by atoms with van der Waals surface area (Å²) in [4.78, 5) is 4.58. The van der Waals surface area contributed by atoms with Crippen LogP contribution in [-0.4, -0.2) is 11.0 Å². The van der Waals surface area contributed by atoms with Gasteiger partial charge in [0, 0.05) is 15.9 Å². The van der Waals surface area contributed by atoms with Crippen LogP contribution in [-0.2, 0) is 0 Å². The standard InChI is InChI=1S/C12H11BrN2/c13-9-3-1-8-2-6-12(14-10-4-5-10)15-11(8)7-9/h1-3,6-7,10H,4-5H2,(H,14,15). The summed E-state index contributed by atoms with van der Waals surface area (Å²) in [6.07, 6.45) is 2.55. The fourth-order valence-corrected chi connectivity index (χ4v) is 1.96. The first-order valence-corrected chi connectivity index (χ1v) is 5.93. The largest absolute Gasteiger partial charge is 0.367 e. The zero-order valence-corrected chi connectivity index (χ0v) is 9.79. The van der Waals surface area contributed by atoms with Crippen LogP contribution in [0.4, 0.5) is 5.82 Å². The molecule has 15 heavy (non-hydrogen) atoms. The Bertz CT molecular complexity index is 506. The minimum atomic E-state index is 0.655. The number of aromatic nitrogens is 1. The molecule has 1 N–H and O–H groups in total. The summed E-state index contributed by atoms with van der Waals surface area (Å²) in [7, 11) is 0. The predicted octanol–water partition coefficient (Wildman–Crippen LogP) is 3.57. The summed E-state index contributed by atoms with van der Waals surface area (Å²) in [5.74, 6) is 0.989. The maximum Gasteiger partial charge on any atom is 0.126 e. The van der Waals surface area contributed by atoms with Crippen molar-refractivity contribution in [2.24, 2.45) is 0 Å². The topological polar surface area (TPSA) is 24.9 Å². The van der Waals surface area contributed by atoms with E-state index in [1.165, 1.54) is 18.2 Å². The lowest BCUT2D eigenvalue weighted by molar-refractivity contribution is 1.12. The van der Waals surface area contributed by atoms with Gasteiger partial charge in [-0.3, -0.25) is 0 Å². The van der Waals surface area contributed by atoms with Gasteiger partial charge in [0.25, 0.3) is 0 Å². The van der Waals surface area contributed by atoms with Gasteiger partial charge in [0.1, 0.15) is 5.82 Å². The van der Waals surface area contributed by atoms with Crippen molar-refractivity contribution in [1.29, 1.82) is 0 Å². The molecule has 0 atom stereocenters. The molecule has 0 amide bonds. The molecule has 1 aliphatic carbocycles. The number of anilines is 1. The van der Waals surface area contributed by atoms with Gasteiger partial charge in [-0.15, -0.1) is 0 Å². The normalized spacial score (nSPS) is 15.5. The third-order valence-corrected chi connectivity index (χ3v) is 3.08. The highest BCUT2D eigenvalue weighted by molar-refractivity contribution is 9.10. The van der Waals surface area contributed by atoms with E-state index in [-0.39, 0.29) is 0 Å². The maximum atomic E-state index is 4.58. The van der Waals surface area contributed by atoms with E-state index >= 15 is 0 Å². The molecule has 1 aromatic heterocycles. The summed E-state index contributed by atoms with van der Waals surface area (Å²) >= 11 is 3.46. The van der Waals surface area contributed by atoms with Gasteiger partial charge in [0.2, 0.25) is 0 Å². The molecule has 1 fully saturated rings. The van der Waals surface area contributed by atoms with E-state index in [1.54, 1.807) is 0 Å². The second-order valence-electron chi connectivity index (χ2n) is 3.95. The van der Waals surface area contributed by atoms with Crippen molar-refractivity contribution < 1.29 is 0 Å². The van der Waals surface area contributed by atoms with Crippen LogP contribution in [0.25, 0.3) is 10.9 Å². The highest BCUT2D eigenvalue weighted by Gasteiger charge is 2.21. The van der Waals surface area contributed by atoms with Gasteiger partial charge < -0.3 is 5.32 Å². The van der Waals surface area contributed by atoms with Crippen molar-refractivity contribution >= 4 is 32.7 Å². The molecule has 3 rings (SSSR count). The Morgan fingerprint density at radius 1 is 1.20 bits per heavy atom. The van der Waals surface area contributed by atoms with Crippen molar-refractivity contribution in [2.45, 2.75) is 18.9 Å². The Hall–Kier alpha value is -1.09. The van der Waals surface area contributed by atoms with E-state index in [4.69, 9.17) is 0 Å². The molecule has 2 nitrogen and oxygen atoms in total. The van der Waals surface area contributed by atoms with Crippen molar-refractivity contribution in [3.8, 4) is 0 Å². The van der Waals surface area contributed by atoms with E-state index < -0.39 is 0 Å². The van der Waals surface area contributed by atoms with Gasteiger partial charge in [-0.1, -0.05) is 22.0 Å². The minimum Gasteiger partial charge on any atom is -0.367 e. The number of fused-ring (bicyclic) bond motifs is 1. The zero-order valence-electron chi connectivity index (χ0n) is 8.20. The molecule has 0 spiro atoms. The first kappa shape index (κ1) is 9.16. The number of halogens is 1. The molecular weight excluding hydrogens is 252 g/mol. The number of nitrogens with one attached hydrogen (secondary N) is 1. The van der Waals surface area contributed by atoms with Crippen LogP contribution in [0, 0.1) is 0 Å². The highest BCUT2D eigenvalue weighted by Crippen LogP contribution is 2.25. The molecular formula is C12H11BrN2. The van der Waals surface area contributed by atoms with E-state index in [2.05, 4.69) is 44.4 Å². The fourth-order valence-electron chi connectivity index (χ4n) is 1.61. The zero-order chi connectivity index (χ0) is 10.3. The Kier molecular flexibility index (Phi) is 2.13. The fraction of sp³-hybridized carbons (Fsp3) is 0.250. The van der Waals surface area contributed by atoms with Crippen LogP contribution in [0.5, 0.6) is 0 Å². The van der Waals surface area contributed by atoms with Gasteiger partial charge in [-0.05, 0) is 37.1 Å². The average Bonchev–Trinajstić information content (AvgIpc) is 3.01. The quantitative estimate of drug-likeness (QED) is 0.895. The van der Waals surface area contributed by atoms with E-state index in [9.17, 15) is 0 Å². The smallest absolute Gasteiger partial charge is 0.126 e. The Morgan fingerprint density at radius 2 is 2.00 bits per heavy atom. The Labute approximate surface area is 96.8 Å². The summed E-state index contributed by atoms with van der Waals surface area (Å²) < 4.78 is 1.08. The summed E-state index contributed by atoms with van der Waals surface area (Å²) in [5, 5.41) is 4.58. The van der Waals surface area contributed by atoms with Gasteiger partial charge in [-0.2, -0.15) is 0 Å². The second kappa shape index (κ2) is 3.49. The van der Waals surface area contributed by atoms with Crippen molar-refractivity contribution in [3.63, 3.8) is 0 Å². The molecule has 0 unspecified atom stereocenters. The van der Waals surface area contributed by atoms with Gasteiger partial charge in [0.15, 0.2) is 0 Å². The van der Waals surface area contributed by atoms with Gasteiger partial charge >= 0.3 is 0 Å². The average molecular weight is 263 g/mol. The van der Waals surface area contributed by atoms with Crippen LogP contribution < -0.4 is 5.32 Å². The third-order valence-electron chi connectivity index (χ3n) is 2.58. The van der Waals surface area contributed by atoms with E-state index in [0.717, 1.165) is 15.8 Å². The SMILES string of the molecule is Brc1ccc2ccc(NC3CC3)nc2c1. The summed E-state index contributed by atoms with van der Waals surface area (Å²) in [6.45, 7) is 0. The Morgan fingerprint density at radius 3 is 2.80 bits per heavy atom. The van der Waals surface area contributed by atoms with Crippen LogP contribution in [0.2, 0.25) is 0 Å². The number of nitrogens with zero attached hydrogens (tertiary/aromatic N) is 1. The first-order valence-electron chi connectivity index (χ1n) is 5.14. The number of pyridine rings is 1. The van der Waals surface area contributed by atoms with Gasteiger partial charge in [-0.25, -0.2) is 4.98 Å². The van der Waals surface area contributed by atoms with E-state index in [1.807, 2.05) is 12.1 Å². The highest BCUT2D eigenvalue weighted by atomic mass is 79.9. The Balaban J connectivity index is 2.03. The van der Waals surface area contributed by atoms with Crippen LogP contribution in [0.1, 0.15) is 12.8 Å². The number of benzene rings is 1. The van der Waals surface area contributed by atoms with E-state index in [0.29, 0.717) is 6.04 Å². The number of hydrogen-bond acceptors (Lipinski definition) is 2. The lowest BCUT2D eigenvalue weighted by Gasteiger charge is -2.04. The monoisotopic (exact) mass is 262 g/mol. The lowest BCUT2D eigenvalue weighted by Crippen LogP contribution is -2.02. The molecule has 1 aromatic carbocycles. The molecule has 1 heterocycles. The summed E-state index contributed by atoms with van der Waals surface area (Å²) in [6, 6.07) is 11.0. The molecule has 0 radical (unpaired) electrons. The lowest BCUT2D eigenvalue weighted by atomic mass is 10.2. The van der Waals surface area contributed by atoms with Gasteiger partial charge in [0.05, 0.1) is 5.52 Å². The summed E-state index contributed by atoms with van der Waals surface area (Å²) in [5.41, 5.74) is 1.04. The molecule has 0 aliphatic heterocycles. The molecule has 2 aromatic rings. The third kappa shape index (κ3) is 1.97. The molecule has 3 heteroatoms. The minimum absolute atomic E-state index is 0.655.